The molecule has 6 nitrogen and oxygen atoms in total. The Hall–Kier alpha value is -1.85. The summed E-state index contributed by atoms with van der Waals surface area (Å²) in [4.78, 5) is 18.3. The van der Waals surface area contributed by atoms with Gasteiger partial charge in [-0.2, -0.15) is 0 Å². The molecule has 98 valence electrons. The summed E-state index contributed by atoms with van der Waals surface area (Å²) in [6.45, 7) is 4.11. The van der Waals surface area contributed by atoms with Crippen LogP contribution in [0.3, 0.4) is 0 Å². The molecule has 1 aliphatic rings. The van der Waals surface area contributed by atoms with Gasteiger partial charge in [0.15, 0.2) is 5.82 Å². The van der Waals surface area contributed by atoms with Gasteiger partial charge in [0.25, 0.3) is 5.56 Å². The average Bonchev–Trinajstić information content (AvgIpc) is 2.42. The summed E-state index contributed by atoms with van der Waals surface area (Å²) in [6, 6.07) is 0. The molecule has 18 heavy (non-hydrogen) atoms. The molecule has 1 fully saturated rings. The van der Waals surface area contributed by atoms with E-state index in [1.165, 1.54) is 0 Å². The number of aromatic nitrogens is 2. The van der Waals surface area contributed by atoms with E-state index in [1.54, 1.807) is 17.0 Å². The Labute approximate surface area is 106 Å². The van der Waals surface area contributed by atoms with Gasteiger partial charge >= 0.3 is 0 Å². The Bertz CT molecular complexity index is 485. The molecule has 6 heteroatoms. The third-order valence-corrected chi connectivity index (χ3v) is 3.14. The fraction of sp³-hybridized carbons (Fsp3) is 0.583. The first-order valence-corrected chi connectivity index (χ1v) is 6.26. The second-order valence-electron chi connectivity index (χ2n) is 4.40. The average molecular weight is 250 g/mol. The van der Waals surface area contributed by atoms with Crippen molar-refractivity contribution in [3.05, 3.63) is 22.7 Å². The van der Waals surface area contributed by atoms with Crippen molar-refractivity contribution in [3.8, 4) is 0 Å². The van der Waals surface area contributed by atoms with Crippen LogP contribution in [-0.4, -0.2) is 33.6 Å². The van der Waals surface area contributed by atoms with Gasteiger partial charge in [0.2, 0.25) is 0 Å². The Balaban J connectivity index is 2.19. The molecule has 0 atom stereocenters. The first kappa shape index (κ1) is 12.6. The minimum absolute atomic E-state index is 0.0382. The highest BCUT2D eigenvalue weighted by molar-refractivity contribution is 5.85. The lowest BCUT2D eigenvalue weighted by molar-refractivity contribution is 0.315. The van der Waals surface area contributed by atoms with Crippen LogP contribution < -0.4 is 10.5 Å². The molecule has 2 rings (SSSR count). The number of hydrogen-bond donors (Lipinski definition) is 1. The molecular formula is C12H18N4O2. The van der Waals surface area contributed by atoms with Gasteiger partial charge in [0.05, 0.1) is 5.71 Å². The Morgan fingerprint density at radius 2 is 2.17 bits per heavy atom. The molecule has 1 aromatic heterocycles. The summed E-state index contributed by atoms with van der Waals surface area (Å²) in [5.74, 6) is 0.503. The van der Waals surface area contributed by atoms with Crippen molar-refractivity contribution < 1.29 is 5.21 Å². The SMILES string of the molecule is CCCn1ccnc(N2CCC(=NO)CC2)c1=O. The van der Waals surface area contributed by atoms with Crippen LogP contribution in [0.1, 0.15) is 26.2 Å². The van der Waals surface area contributed by atoms with Crippen LogP contribution in [0, 0.1) is 0 Å². The topological polar surface area (TPSA) is 70.7 Å². The summed E-state index contributed by atoms with van der Waals surface area (Å²) in [6.07, 6.45) is 5.67. The molecule has 1 saturated heterocycles. The molecule has 1 aromatic rings. The van der Waals surface area contributed by atoms with Crippen LogP contribution in [0.5, 0.6) is 0 Å². The molecule has 0 saturated carbocycles. The van der Waals surface area contributed by atoms with E-state index < -0.39 is 0 Å². The zero-order valence-corrected chi connectivity index (χ0v) is 10.5. The van der Waals surface area contributed by atoms with Gasteiger partial charge < -0.3 is 14.7 Å². The molecule has 1 aliphatic heterocycles. The fourth-order valence-electron chi connectivity index (χ4n) is 2.15. The minimum Gasteiger partial charge on any atom is -0.411 e. The van der Waals surface area contributed by atoms with Gasteiger partial charge in [-0.25, -0.2) is 4.98 Å². The van der Waals surface area contributed by atoms with E-state index in [0.29, 0.717) is 38.3 Å². The number of piperidine rings is 1. The highest BCUT2D eigenvalue weighted by atomic mass is 16.4. The smallest absolute Gasteiger partial charge is 0.293 e. The normalized spacial score (nSPS) is 15.8. The van der Waals surface area contributed by atoms with Crippen LogP contribution in [0.25, 0.3) is 0 Å². The quantitative estimate of drug-likeness (QED) is 0.644. The van der Waals surface area contributed by atoms with E-state index in [4.69, 9.17) is 5.21 Å². The monoisotopic (exact) mass is 250 g/mol. The molecule has 1 N–H and O–H groups in total. The number of hydrogen-bond acceptors (Lipinski definition) is 5. The highest BCUT2D eigenvalue weighted by Crippen LogP contribution is 2.12. The second-order valence-corrected chi connectivity index (χ2v) is 4.40. The molecule has 2 heterocycles. The number of nitrogens with zero attached hydrogens (tertiary/aromatic N) is 4. The van der Waals surface area contributed by atoms with Crippen LogP contribution in [0.2, 0.25) is 0 Å². The molecule has 0 radical (unpaired) electrons. The predicted molar refractivity (Wildman–Crippen MR) is 69.5 cm³/mol. The van der Waals surface area contributed by atoms with Crippen LogP contribution in [0.15, 0.2) is 22.3 Å². The molecule has 0 unspecified atom stereocenters. The molecule has 0 aromatic carbocycles. The summed E-state index contributed by atoms with van der Waals surface area (Å²) in [5.41, 5.74) is 0.750. The molecule has 0 amide bonds. The number of oxime groups is 1. The summed E-state index contributed by atoms with van der Waals surface area (Å²) >= 11 is 0. The molecule has 0 spiro atoms. The number of anilines is 1. The first-order valence-electron chi connectivity index (χ1n) is 6.26. The third kappa shape index (κ3) is 2.52. The lowest BCUT2D eigenvalue weighted by Crippen LogP contribution is -2.39. The zero-order valence-electron chi connectivity index (χ0n) is 10.5. The van der Waals surface area contributed by atoms with Gasteiger partial charge in [0.1, 0.15) is 0 Å². The Morgan fingerprint density at radius 1 is 1.44 bits per heavy atom. The van der Waals surface area contributed by atoms with Crippen molar-refractivity contribution >= 4 is 11.5 Å². The van der Waals surface area contributed by atoms with E-state index in [0.717, 1.165) is 12.1 Å². The minimum atomic E-state index is -0.0382. The van der Waals surface area contributed by atoms with Crippen molar-refractivity contribution in [2.45, 2.75) is 32.7 Å². The zero-order chi connectivity index (χ0) is 13.0. The summed E-state index contributed by atoms with van der Waals surface area (Å²) in [5, 5.41) is 11.9. The second kappa shape index (κ2) is 5.66. The number of rotatable bonds is 3. The Morgan fingerprint density at radius 3 is 2.78 bits per heavy atom. The molecular weight excluding hydrogens is 232 g/mol. The standard InChI is InChI=1S/C12H18N4O2/c1-2-6-16-9-5-13-11(12(16)17)15-7-3-10(14-18)4-8-15/h5,9,18H,2-4,6-8H2,1H3. The van der Waals surface area contributed by atoms with Gasteiger partial charge in [-0.05, 0) is 6.42 Å². The van der Waals surface area contributed by atoms with E-state index in [9.17, 15) is 4.79 Å². The lowest BCUT2D eigenvalue weighted by atomic mass is 10.1. The van der Waals surface area contributed by atoms with Gasteiger partial charge in [-0.3, -0.25) is 4.79 Å². The van der Waals surface area contributed by atoms with Crippen LogP contribution in [0.4, 0.5) is 5.82 Å². The first-order chi connectivity index (χ1) is 8.76. The predicted octanol–water partition coefficient (Wildman–Crippen LogP) is 1.08. The van der Waals surface area contributed by atoms with E-state index >= 15 is 0 Å². The summed E-state index contributed by atoms with van der Waals surface area (Å²) < 4.78 is 1.69. The highest BCUT2D eigenvalue weighted by Gasteiger charge is 2.19. The maximum absolute atomic E-state index is 12.2. The third-order valence-electron chi connectivity index (χ3n) is 3.14. The molecule has 0 bridgehead atoms. The van der Waals surface area contributed by atoms with Crippen molar-refractivity contribution in [3.63, 3.8) is 0 Å². The summed E-state index contributed by atoms with van der Waals surface area (Å²) in [7, 11) is 0. The van der Waals surface area contributed by atoms with Crippen LogP contribution in [-0.2, 0) is 6.54 Å². The fourth-order valence-corrected chi connectivity index (χ4v) is 2.15. The maximum atomic E-state index is 12.2. The van der Waals surface area contributed by atoms with Gasteiger partial charge in [-0.1, -0.05) is 12.1 Å². The largest absolute Gasteiger partial charge is 0.411 e. The number of aryl methyl sites for hydroxylation is 1. The van der Waals surface area contributed by atoms with E-state index in [2.05, 4.69) is 10.1 Å². The van der Waals surface area contributed by atoms with Crippen LogP contribution >= 0.6 is 0 Å². The van der Waals surface area contributed by atoms with Crippen molar-refractivity contribution in [2.24, 2.45) is 5.16 Å². The van der Waals surface area contributed by atoms with E-state index in [-0.39, 0.29) is 5.56 Å². The van der Waals surface area contributed by atoms with Crippen molar-refractivity contribution in [1.82, 2.24) is 9.55 Å². The van der Waals surface area contributed by atoms with Crippen molar-refractivity contribution in [1.29, 1.82) is 0 Å². The van der Waals surface area contributed by atoms with Crippen molar-refractivity contribution in [2.75, 3.05) is 18.0 Å². The van der Waals surface area contributed by atoms with E-state index in [1.807, 2.05) is 11.8 Å². The van der Waals surface area contributed by atoms with Gasteiger partial charge in [-0.15, -0.1) is 0 Å². The Kier molecular flexibility index (Phi) is 3.96. The maximum Gasteiger partial charge on any atom is 0.293 e. The molecule has 0 aliphatic carbocycles. The lowest BCUT2D eigenvalue weighted by Gasteiger charge is -2.27. The van der Waals surface area contributed by atoms with Gasteiger partial charge in [0, 0.05) is 44.9 Å².